The van der Waals surface area contributed by atoms with E-state index in [1.807, 2.05) is 0 Å². The van der Waals surface area contributed by atoms with Crippen LogP contribution in [-0.4, -0.2) is 56.2 Å². The van der Waals surface area contributed by atoms with Gasteiger partial charge in [-0.05, 0) is 11.1 Å². The second-order valence-corrected chi connectivity index (χ2v) is 6.09. The highest BCUT2D eigenvalue weighted by Gasteiger charge is 2.25. The molecule has 0 saturated carbocycles. The molecule has 0 aliphatic carbocycles. The molecule has 3 heteroatoms. The predicted octanol–water partition coefficient (Wildman–Crippen LogP) is 3.04. The third-order valence-electron chi connectivity index (χ3n) is 4.61. The van der Waals surface area contributed by atoms with Gasteiger partial charge in [0.2, 0.25) is 0 Å². The van der Waals surface area contributed by atoms with Crippen molar-refractivity contribution in [2.75, 3.05) is 46.4 Å². The number of rotatable bonds is 6. The molecular formula is C20H26N2O. The lowest BCUT2D eigenvalue weighted by atomic mass is 9.96. The van der Waals surface area contributed by atoms with Crippen molar-refractivity contribution >= 4 is 0 Å². The fourth-order valence-corrected chi connectivity index (χ4v) is 3.35. The molecule has 0 aromatic heterocycles. The Bertz CT molecular complexity index is 525. The molecule has 122 valence electrons. The summed E-state index contributed by atoms with van der Waals surface area (Å²) >= 11 is 0. The van der Waals surface area contributed by atoms with Crippen molar-refractivity contribution in [3.05, 3.63) is 71.8 Å². The summed E-state index contributed by atoms with van der Waals surface area (Å²) < 4.78 is 5.20. The van der Waals surface area contributed by atoms with Gasteiger partial charge in [0.1, 0.15) is 0 Å². The van der Waals surface area contributed by atoms with E-state index in [-0.39, 0.29) is 0 Å². The second-order valence-electron chi connectivity index (χ2n) is 6.09. The van der Waals surface area contributed by atoms with E-state index in [4.69, 9.17) is 4.74 Å². The standard InChI is InChI=1S/C20H26N2O/c1-23-17-16-21-12-14-22(15-13-21)20(18-8-4-2-5-9-18)19-10-6-3-7-11-19/h2-11,20H,12-17H2,1H3. The SMILES string of the molecule is COCCN1CCN(C(c2ccccc2)c2ccccc2)CC1. The maximum absolute atomic E-state index is 5.20. The third kappa shape index (κ3) is 4.20. The third-order valence-corrected chi connectivity index (χ3v) is 4.61. The quantitative estimate of drug-likeness (QED) is 0.815. The minimum absolute atomic E-state index is 0.349. The van der Waals surface area contributed by atoms with Gasteiger partial charge < -0.3 is 4.74 Å². The fraction of sp³-hybridized carbons (Fsp3) is 0.400. The van der Waals surface area contributed by atoms with Crippen LogP contribution in [0.15, 0.2) is 60.7 Å². The normalized spacial score (nSPS) is 16.8. The fourth-order valence-electron chi connectivity index (χ4n) is 3.35. The van der Waals surface area contributed by atoms with Gasteiger partial charge in [0.25, 0.3) is 0 Å². The Labute approximate surface area is 139 Å². The molecule has 0 unspecified atom stereocenters. The number of piperazine rings is 1. The van der Waals surface area contributed by atoms with E-state index in [1.165, 1.54) is 11.1 Å². The molecule has 0 atom stereocenters. The Balaban J connectivity index is 1.75. The van der Waals surface area contributed by atoms with Crippen LogP contribution in [0.2, 0.25) is 0 Å². The van der Waals surface area contributed by atoms with E-state index in [9.17, 15) is 0 Å². The lowest BCUT2D eigenvalue weighted by Gasteiger charge is -2.39. The van der Waals surface area contributed by atoms with Gasteiger partial charge in [-0.15, -0.1) is 0 Å². The summed E-state index contributed by atoms with van der Waals surface area (Å²) in [5, 5.41) is 0. The van der Waals surface area contributed by atoms with Gasteiger partial charge in [-0.25, -0.2) is 0 Å². The maximum atomic E-state index is 5.20. The van der Waals surface area contributed by atoms with Crippen molar-refractivity contribution in [3.8, 4) is 0 Å². The molecule has 0 amide bonds. The molecular weight excluding hydrogens is 284 g/mol. The zero-order valence-corrected chi connectivity index (χ0v) is 13.9. The Morgan fingerprint density at radius 3 is 1.83 bits per heavy atom. The minimum Gasteiger partial charge on any atom is -0.383 e. The Hall–Kier alpha value is -1.68. The number of hydrogen-bond donors (Lipinski definition) is 0. The van der Waals surface area contributed by atoms with Crippen molar-refractivity contribution in [2.45, 2.75) is 6.04 Å². The van der Waals surface area contributed by atoms with Gasteiger partial charge in [0, 0.05) is 39.8 Å². The highest BCUT2D eigenvalue weighted by Crippen LogP contribution is 2.29. The highest BCUT2D eigenvalue weighted by molar-refractivity contribution is 5.31. The van der Waals surface area contributed by atoms with Crippen LogP contribution in [0.5, 0.6) is 0 Å². The Kier molecular flexibility index (Phi) is 5.81. The van der Waals surface area contributed by atoms with Gasteiger partial charge in [0.15, 0.2) is 0 Å². The van der Waals surface area contributed by atoms with Crippen LogP contribution in [0.25, 0.3) is 0 Å². The molecule has 3 rings (SSSR count). The summed E-state index contributed by atoms with van der Waals surface area (Å²) in [6.45, 7) is 6.27. The molecule has 2 aromatic rings. The average Bonchev–Trinajstić information content (AvgIpc) is 2.63. The van der Waals surface area contributed by atoms with Gasteiger partial charge in [-0.1, -0.05) is 60.7 Å². The monoisotopic (exact) mass is 310 g/mol. The van der Waals surface area contributed by atoms with Crippen LogP contribution in [0, 0.1) is 0 Å². The molecule has 3 nitrogen and oxygen atoms in total. The van der Waals surface area contributed by atoms with Crippen LogP contribution in [0.3, 0.4) is 0 Å². The van der Waals surface area contributed by atoms with Gasteiger partial charge in [-0.2, -0.15) is 0 Å². The molecule has 0 radical (unpaired) electrons. The van der Waals surface area contributed by atoms with Gasteiger partial charge >= 0.3 is 0 Å². The number of benzene rings is 2. The van der Waals surface area contributed by atoms with Crippen molar-refractivity contribution in [1.82, 2.24) is 9.80 Å². The van der Waals surface area contributed by atoms with E-state index < -0.39 is 0 Å². The molecule has 1 aliphatic heterocycles. The highest BCUT2D eigenvalue weighted by atomic mass is 16.5. The first-order valence-electron chi connectivity index (χ1n) is 8.43. The summed E-state index contributed by atoms with van der Waals surface area (Å²) in [7, 11) is 1.77. The number of ether oxygens (including phenoxy) is 1. The molecule has 0 bridgehead atoms. The largest absolute Gasteiger partial charge is 0.383 e. The molecule has 0 N–H and O–H groups in total. The molecule has 1 aliphatic rings. The lowest BCUT2D eigenvalue weighted by molar-refractivity contribution is 0.0832. The first-order valence-corrected chi connectivity index (χ1v) is 8.43. The van der Waals surface area contributed by atoms with E-state index in [0.29, 0.717) is 6.04 Å². The van der Waals surface area contributed by atoms with E-state index in [1.54, 1.807) is 7.11 Å². The Morgan fingerprint density at radius 2 is 1.35 bits per heavy atom. The van der Waals surface area contributed by atoms with Crippen LogP contribution in [0.1, 0.15) is 17.2 Å². The van der Waals surface area contributed by atoms with E-state index in [0.717, 1.165) is 39.3 Å². The number of nitrogens with zero attached hydrogens (tertiary/aromatic N) is 2. The molecule has 0 spiro atoms. The summed E-state index contributed by atoms with van der Waals surface area (Å²) in [4.78, 5) is 5.10. The van der Waals surface area contributed by atoms with Crippen molar-refractivity contribution in [3.63, 3.8) is 0 Å². The second kappa shape index (κ2) is 8.25. The summed E-state index contributed by atoms with van der Waals surface area (Å²) in [6, 6.07) is 22.1. The molecule has 23 heavy (non-hydrogen) atoms. The predicted molar refractivity (Wildman–Crippen MR) is 94.6 cm³/mol. The van der Waals surface area contributed by atoms with Crippen LogP contribution < -0.4 is 0 Å². The summed E-state index contributed by atoms with van der Waals surface area (Å²) in [5.41, 5.74) is 2.76. The van der Waals surface area contributed by atoms with E-state index in [2.05, 4.69) is 70.5 Å². The van der Waals surface area contributed by atoms with Gasteiger partial charge in [0.05, 0.1) is 12.6 Å². The van der Waals surface area contributed by atoms with Crippen LogP contribution in [0.4, 0.5) is 0 Å². The first-order chi connectivity index (χ1) is 11.4. The van der Waals surface area contributed by atoms with Crippen molar-refractivity contribution in [1.29, 1.82) is 0 Å². The average molecular weight is 310 g/mol. The number of hydrogen-bond acceptors (Lipinski definition) is 3. The first kappa shape index (κ1) is 16.2. The summed E-state index contributed by atoms with van der Waals surface area (Å²) in [5.74, 6) is 0. The number of methoxy groups -OCH3 is 1. The van der Waals surface area contributed by atoms with E-state index >= 15 is 0 Å². The Morgan fingerprint density at radius 1 is 0.826 bits per heavy atom. The van der Waals surface area contributed by atoms with Crippen LogP contribution in [-0.2, 0) is 4.74 Å². The summed E-state index contributed by atoms with van der Waals surface area (Å²) in [6.07, 6.45) is 0. The van der Waals surface area contributed by atoms with Gasteiger partial charge in [-0.3, -0.25) is 9.80 Å². The lowest BCUT2D eigenvalue weighted by Crippen LogP contribution is -2.48. The maximum Gasteiger partial charge on any atom is 0.0602 e. The zero-order valence-electron chi connectivity index (χ0n) is 13.9. The van der Waals surface area contributed by atoms with Crippen molar-refractivity contribution in [2.24, 2.45) is 0 Å². The van der Waals surface area contributed by atoms with Crippen molar-refractivity contribution < 1.29 is 4.74 Å². The minimum atomic E-state index is 0.349. The topological polar surface area (TPSA) is 15.7 Å². The molecule has 1 fully saturated rings. The van der Waals surface area contributed by atoms with Crippen LogP contribution >= 0.6 is 0 Å². The molecule has 1 saturated heterocycles. The molecule has 2 aromatic carbocycles. The smallest absolute Gasteiger partial charge is 0.0602 e. The molecule has 1 heterocycles. The zero-order chi connectivity index (χ0) is 15.9.